The third-order valence-electron chi connectivity index (χ3n) is 4.45. The van der Waals surface area contributed by atoms with Gasteiger partial charge >= 0.3 is 0 Å². The zero-order valence-corrected chi connectivity index (χ0v) is 18.0. The molecular formula is C20H18N6O3S2. The molecule has 0 aliphatic heterocycles. The van der Waals surface area contributed by atoms with Gasteiger partial charge in [-0.25, -0.2) is 18.1 Å². The third kappa shape index (κ3) is 4.85. The van der Waals surface area contributed by atoms with E-state index in [1.54, 1.807) is 24.7 Å². The Hall–Kier alpha value is -3.41. The predicted molar refractivity (Wildman–Crippen MR) is 117 cm³/mol. The van der Waals surface area contributed by atoms with Crippen molar-refractivity contribution in [3.63, 3.8) is 0 Å². The molecule has 0 fully saturated rings. The maximum atomic E-state index is 12.6. The van der Waals surface area contributed by atoms with E-state index in [1.807, 2.05) is 54.1 Å². The molecule has 0 bridgehead atoms. The fourth-order valence-electron chi connectivity index (χ4n) is 2.80. The minimum absolute atomic E-state index is 0.0943. The van der Waals surface area contributed by atoms with Crippen LogP contribution in [-0.2, 0) is 16.6 Å². The van der Waals surface area contributed by atoms with Crippen LogP contribution in [-0.4, -0.2) is 34.1 Å². The number of benzene rings is 2. The Morgan fingerprint density at radius 1 is 1.10 bits per heavy atom. The summed E-state index contributed by atoms with van der Waals surface area (Å²) in [5.41, 5.74) is 2.99. The van der Waals surface area contributed by atoms with Crippen molar-refractivity contribution in [2.75, 3.05) is 5.32 Å². The van der Waals surface area contributed by atoms with Crippen molar-refractivity contribution in [3.05, 3.63) is 83.9 Å². The summed E-state index contributed by atoms with van der Waals surface area (Å²) in [5.74, 6) is -0.371. The number of hydrogen-bond donors (Lipinski definition) is 2. The van der Waals surface area contributed by atoms with Crippen molar-refractivity contribution in [2.45, 2.75) is 17.8 Å². The van der Waals surface area contributed by atoms with Crippen molar-refractivity contribution in [1.29, 1.82) is 0 Å². The average Bonchev–Trinajstić information content (AvgIpc) is 3.46. The van der Waals surface area contributed by atoms with Crippen LogP contribution in [0.5, 0.6) is 0 Å². The van der Waals surface area contributed by atoms with Crippen LogP contribution in [0.25, 0.3) is 5.69 Å². The Balaban J connectivity index is 1.40. The molecule has 2 aromatic carbocycles. The molecule has 158 valence electrons. The molecule has 0 spiro atoms. The second kappa shape index (κ2) is 8.76. The van der Waals surface area contributed by atoms with Crippen LogP contribution in [0.15, 0.2) is 71.6 Å². The van der Waals surface area contributed by atoms with Crippen LogP contribution in [0.1, 0.15) is 21.5 Å². The molecule has 31 heavy (non-hydrogen) atoms. The highest BCUT2D eigenvalue weighted by atomic mass is 32.2. The molecule has 0 saturated carbocycles. The van der Waals surface area contributed by atoms with Gasteiger partial charge in [-0.2, -0.15) is 0 Å². The number of sulfonamides is 1. The van der Waals surface area contributed by atoms with E-state index in [-0.39, 0.29) is 21.9 Å². The number of carbonyl (C=O) groups excluding carboxylic acids is 1. The first-order valence-corrected chi connectivity index (χ1v) is 11.5. The number of carbonyl (C=O) groups is 1. The zero-order chi connectivity index (χ0) is 21.8. The number of rotatable bonds is 7. The summed E-state index contributed by atoms with van der Waals surface area (Å²) >= 11 is 0.790. The van der Waals surface area contributed by atoms with E-state index in [1.165, 1.54) is 0 Å². The Morgan fingerprint density at radius 3 is 2.58 bits per heavy atom. The highest BCUT2D eigenvalue weighted by Gasteiger charge is 2.21. The fourth-order valence-corrected chi connectivity index (χ4v) is 4.75. The summed E-state index contributed by atoms with van der Waals surface area (Å²) < 4.78 is 29.2. The standard InChI is InChI=1S/C20H18N6O3S2/c1-14-4-2-3-5-17(14)18(27)23-19-24-25-20(30-19)31(28,29)22-12-15-6-8-16(9-7-15)26-11-10-21-13-26/h2-11,13,22H,12H2,1H3,(H,23,24,27). The highest BCUT2D eigenvalue weighted by Crippen LogP contribution is 2.21. The molecule has 0 radical (unpaired) electrons. The highest BCUT2D eigenvalue weighted by molar-refractivity contribution is 7.91. The minimum atomic E-state index is -3.87. The quantitative estimate of drug-likeness (QED) is 0.415. The van der Waals surface area contributed by atoms with Crippen molar-refractivity contribution in [3.8, 4) is 5.69 Å². The lowest BCUT2D eigenvalue weighted by atomic mass is 10.1. The molecule has 0 unspecified atom stereocenters. The van der Waals surface area contributed by atoms with Crippen LogP contribution in [0, 0.1) is 6.92 Å². The molecule has 9 nitrogen and oxygen atoms in total. The van der Waals surface area contributed by atoms with Gasteiger partial charge in [0.15, 0.2) is 0 Å². The van der Waals surface area contributed by atoms with Gasteiger partial charge in [0, 0.05) is 30.2 Å². The molecular weight excluding hydrogens is 436 g/mol. The molecule has 0 aliphatic rings. The number of amides is 1. The van der Waals surface area contributed by atoms with Crippen LogP contribution in [0.3, 0.4) is 0 Å². The summed E-state index contributed by atoms with van der Waals surface area (Å²) in [6.07, 6.45) is 5.19. The first-order valence-electron chi connectivity index (χ1n) is 9.20. The molecule has 4 rings (SSSR count). The number of aryl methyl sites for hydroxylation is 1. The van der Waals surface area contributed by atoms with E-state index >= 15 is 0 Å². The van der Waals surface area contributed by atoms with E-state index in [2.05, 4.69) is 25.2 Å². The Labute approximate surface area is 182 Å². The lowest BCUT2D eigenvalue weighted by molar-refractivity contribution is 0.102. The molecule has 2 aromatic heterocycles. The monoisotopic (exact) mass is 454 g/mol. The molecule has 4 aromatic rings. The SMILES string of the molecule is Cc1ccccc1C(=O)Nc1nnc(S(=O)(=O)NCc2ccc(-n3ccnc3)cc2)s1. The molecule has 2 N–H and O–H groups in total. The summed E-state index contributed by atoms with van der Waals surface area (Å²) in [5, 5.41) is 10.2. The Bertz CT molecular complexity index is 1300. The lowest BCUT2D eigenvalue weighted by Crippen LogP contribution is -2.23. The van der Waals surface area contributed by atoms with Gasteiger partial charge in [-0.1, -0.05) is 41.7 Å². The Kier molecular flexibility index (Phi) is 5.89. The largest absolute Gasteiger partial charge is 0.306 e. The molecule has 2 heterocycles. The molecule has 11 heteroatoms. The van der Waals surface area contributed by atoms with Crippen LogP contribution < -0.4 is 10.0 Å². The van der Waals surface area contributed by atoms with Crippen molar-refractivity contribution < 1.29 is 13.2 Å². The number of nitrogens with one attached hydrogen (secondary N) is 2. The van der Waals surface area contributed by atoms with Gasteiger partial charge in [0.25, 0.3) is 15.9 Å². The second-order valence-corrected chi connectivity index (χ2v) is 9.52. The Morgan fingerprint density at radius 2 is 1.87 bits per heavy atom. The smallest absolute Gasteiger partial charge is 0.270 e. The first kappa shape index (κ1) is 20.8. The van der Waals surface area contributed by atoms with Crippen molar-refractivity contribution in [1.82, 2.24) is 24.5 Å². The number of imidazole rings is 1. The topological polar surface area (TPSA) is 119 Å². The van der Waals surface area contributed by atoms with E-state index in [0.717, 1.165) is 28.2 Å². The van der Waals surface area contributed by atoms with E-state index < -0.39 is 10.0 Å². The third-order valence-corrected chi connectivity index (χ3v) is 7.06. The van der Waals surface area contributed by atoms with Crippen LogP contribution in [0.4, 0.5) is 5.13 Å². The van der Waals surface area contributed by atoms with Gasteiger partial charge in [0.2, 0.25) is 9.47 Å². The maximum Gasteiger partial charge on any atom is 0.270 e. The number of aromatic nitrogens is 4. The maximum absolute atomic E-state index is 12.6. The van der Waals surface area contributed by atoms with Crippen molar-refractivity contribution in [2.24, 2.45) is 0 Å². The predicted octanol–water partition coefficient (Wildman–Crippen LogP) is 2.76. The first-order chi connectivity index (χ1) is 14.9. The van der Waals surface area contributed by atoms with Gasteiger partial charge in [-0.3, -0.25) is 10.1 Å². The molecule has 1 amide bonds. The van der Waals surface area contributed by atoms with E-state index in [4.69, 9.17) is 0 Å². The van der Waals surface area contributed by atoms with Gasteiger partial charge in [0.05, 0.1) is 6.33 Å². The van der Waals surface area contributed by atoms with Crippen LogP contribution >= 0.6 is 11.3 Å². The summed E-state index contributed by atoms with van der Waals surface area (Å²) in [6, 6.07) is 14.5. The number of nitrogens with zero attached hydrogens (tertiary/aromatic N) is 4. The van der Waals surface area contributed by atoms with Crippen molar-refractivity contribution >= 4 is 32.4 Å². The van der Waals surface area contributed by atoms with E-state index in [0.29, 0.717) is 5.56 Å². The number of anilines is 1. The zero-order valence-electron chi connectivity index (χ0n) is 16.4. The molecule has 0 atom stereocenters. The average molecular weight is 455 g/mol. The lowest BCUT2D eigenvalue weighted by Gasteiger charge is -2.06. The summed E-state index contributed by atoms with van der Waals surface area (Å²) in [6.45, 7) is 1.91. The van der Waals surface area contributed by atoms with Gasteiger partial charge in [-0.15, -0.1) is 10.2 Å². The second-order valence-electron chi connectivity index (χ2n) is 6.60. The number of hydrogen-bond acceptors (Lipinski definition) is 7. The van der Waals surface area contributed by atoms with Gasteiger partial charge in [0.1, 0.15) is 0 Å². The molecule has 0 saturated heterocycles. The van der Waals surface area contributed by atoms with E-state index in [9.17, 15) is 13.2 Å². The normalized spacial score (nSPS) is 11.4. The summed E-state index contributed by atoms with van der Waals surface area (Å²) in [7, 11) is -3.87. The fraction of sp³-hybridized carbons (Fsp3) is 0.100. The van der Waals surface area contributed by atoms with Gasteiger partial charge < -0.3 is 4.57 Å². The van der Waals surface area contributed by atoms with Gasteiger partial charge in [-0.05, 0) is 36.2 Å². The van der Waals surface area contributed by atoms with Crippen LogP contribution in [0.2, 0.25) is 0 Å². The summed E-state index contributed by atoms with van der Waals surface area (Å²) in [4.78, 5) is 16.4. The molecule has 0 aliphatic carbocycles. The minimum Gasteiger partial charge on any atom is -0.306 e.